The van der Waals surface area contributed by atoms with Crippen LogP contribution >= 0.6 is 11.3 Å². The topological polar surface area (TPSA) is 127 Å². The molecule has 0 unspecified atom stereocenters. The zero-order valence-corrected chi connectivity index (χ0v) is 25.0. The fraction of sp³-hybridized carbons (Fsp3) is 0.419. The molecule has 1 aromatic heterocycles. The van der Waals surface area contributed by atoms with Crippen molar-refractivity contribution in [3.8, 4) is 22.6 Å². The van der Waals surface area contributed by atoms with Gasteiger partial charge in [-0.2, -0.15) is 11.3 Å². The fourth-order valence-corrected chi connectivity index (χ4v) is 6.06. The highest BCUT2D eigenvalue weighted by molar-refractivity contribution is 7.91. The summed E-state index contributed by atoms with van der Waals surface area (Å²) in [5, 5.41) is 22.0. The third-order valence-electron chi connectivity index (χ3n) is 6.69. The van der Waals surface area contributed by atoms with E-state index in [0.717, 1.165) is 54.4 Å². The first-order valence-corrected chi connectivity index (χ1v) is 16.5. The number of ether oxygens (including phenoxy) is 2. The maximum Gasteiger partial charge on any atom is 0.303 e. The lowest BCUT2D eigenvalue weighted by Crippen LogP contribution is -2.07. The van der Waals surface area contributed by atoms with E-state index in [-0.39, 0.29) is 30.1 Å². The summed E-state index contributed by atoms with van der Waals surface area (Å²) in [6.45, 7) is 2.37. The van der Waals surface area contributed by atoms with Crippen molar-refractivity contribution in [2.24, 2.45) is 0 Å². The van der Waals surface area contributed by atoms with E-state index >= 15 is 0 Å². The van der Waals surface area contributed by atoms with Crippen LogP contribution in [0.25, 0.3) is 11.1 Å². The zero-order chi connectivity index (χ0) is 29.7. The molecular formula is C31H38O8S2. The first kappa shape index (κ1) is 32.1. The monoisotopic (exact) mass is 602 g/mol. The van der Waals surface area contributed by atoms with Gasteiger partial charge in [-0.3, -0.25) is 9.59 Å². The molecule has 3 rings (SSSR count). The van der Waals surface area contributed by atoms with Crippen LogP contribution in [0.4, 0.5) is 0 Å². The fourth-order valence-electron chi connectivity index (χ4n) is 4.46. The minimum atomic E-state index is -3.37. The molecule has 1 heterocycles. The molecule has 0 spiro atoms. The van der Waals surface area contributed by atoms with Crippen LogP contribution in [-0.4, -0.2) is 49.5 Å². The van der Waals surface area contributed by atoms with Crippen molar-refractivity contribution in [1.29, 1.82) is 0 Å². The molecule has 0 radical (unpaired) electrons. The summed E-state index contributed by atoms with van der Waals surface area (Å²) in [7, 11) is -3.37. The van der Waals surface area contributed by atoms with Crippen molar-refractivity contribution in [2.75, 3.05) is 19.0 Å². The van der Waals surface area contributed by atoms with Crippen molar-refractivity contribution < 1.29 is 37.7 Å². The molecule has 0 aliphatic heterocycles. The maximum absolute atomic E-state index is 12.5. The highest BCUT2D eigenvalue weighted by atomic mass is 32.2. The Bertz CT molecular complexity index is 1380. The van der Waals surface area contributed by atoms with Gasteiger partial charge in [0.05, 0.1) is 23.9 Å². The summed E-state index contributed by atoms with van der Waals surface area (Å²) in [6.07, 6.45) is 5.15. The van der Waals surface area contributed by atoms with Gasteiger partial charge in [0.2, 0.25) is 0 Å². The summed E-state index contributed by atoms with van der Waals surface area (Å²) in [4.78, 5) is 22.2. The Balaban J connectivity index is 1.52. The first-order valence-electron chi connectivity index (χ1n) is 13.9. The van der Waals surface area contributed by atoms with Crippen LogP contribution in [0.15, 0.2) is 58.1 Å². The molecule has 2 aromatic carbocycles. The van der Waals surface area contributed by atoms with Gasteiger partial charge in [-0.25, -0.2) is 8.42 Å². The lowest BCUT2D eigenvalue weighted by molar-refractivity contribution is -0.138. The molecule has 0 aliphatic rings. The molecule has 2 N–H and O–H groups in total. The number of carboxylic acid groups (broad SMARTS) is 2. The SMILES string of the molecule is CCS(=O)(=O)c1cc(OCCCCCCc2cccc(OCCCC(=O)O)c2CCC(=O)O)cc(-c2ccsc2)c1. The van der Waals surface area contributed by atoms with Gasteiger partial charge in [-0.15, -0.1) is 0 Å². The van der Waals surface area contributed by atoms with Gasteiger partial charge < -0.3 is 19.7 Å². The zero-order valence-electron chi connectivity index (χ0n) is 23.3. The van der Waals surface area contributed by atoms with Gasteiger partial charge in [0, 0.05) is 12.8 Å². The number of carbonyl (C=O) groups is 2. The van der Waals surface area contributed by atoms with E-state index in [2.05, 4.69) is 0 Å². The van der Waals surface area contributed by atoms with Crippen LogP contribution in [0.2, 0.25) is 0 Å². The van der Waals surface area contributed by atoms with Crippen LogP contribution in [-0.2, 0) is 32.3 Å². The number of unbranched alkanes of at least 4 members (excludes halogenated alkanes) is 3. The molecule has 0 aliphatic carbocycles. The van der Waals surface area contributed by atoms with Crippen LogP contribution in [0.3, 0.4) is 0 Å². The molecular weight excluding hydrogens is 564 g/mol. The van der Waals surface area contributed by atoms with E-state index in [0.29, 0.717) is 30.9 Å². The predicted molar refractivity (Wildman–Crippen MR) is 160 cm³/mol. The quantitative estimate of drug-likeness (QED) is 0.146. The molecule has 0 fully saturated rings. The van der Waals surface area contributed by atoms with E-state index in [9.17, 15) is 23.1 Å². The maximum atomic E-state index is 12.5. The Morgan fingerprint density at radius 3 is 2.29 bits per heavy atom. The Labute approximate surface area is 245 Å². The van der Waals surface area contributed by atoms with Crippen LogP contribution in [0, 0.1) is 0 Å². The van der Waals surface area contributed by atoms with Crippen molar-refractivity contribution >= 4 is 33.1 Å². The average molecular weight is 603 g/mol. The Hall–Kier alpha value is -3.37. The molecule has 0 saturated carbocycles. The number of rotatable bonds is 19. The molecule has 8 nitrogen and oxygen atoms in total. The van der Waals surface area contributed by atoms with Crippen molar-refractivity contribution in [2.45, 2.75) is 69.6 Å². The molecule has 0 bridgehead atoms. The number of hydrogen-bond donors (Lipinski definition) is 2. The number of aryl methyl sites for hydroxylation is 1. The van der Waals surface area contributed by atoms with E-state index in [1.165, 1.54) is 0 Å². The Kier molecular flexibility index (Phi) is 12.7. The van der Waals surface area contributed by atoms with E-state index in [4.69, 9.17) is 14.6 Å². The van der Waals surface area contributed by atoms with Crippen molar-refractivity contribution in [3.63, 3.8) is 0 Å². The van der Waals surface area contributed by atoms with Gasteiger partial charge in [-0.1, -0.05) is 31.9 Å². The first-order chi connectivity index (χ1) is 19.7. The molecule has 0 atom stereocenters. The number of hydrogen-bond acceptors (Lipinski definition) is 7. The van der Waals surface area contributed by atoms with Gasteiger partial charge in [0.25, 0.3) is 0 Å². The average Bonchev–Trinajstić information content (AvgIpc) is 3.49. The lowest BCUT2D eigenvalue weighted by atomic mass is 9.97. The highest BCUT2D eigenvalue weighted by Gasteiger charge is 2.16. The number of thiophene rings is 1. The minimum Gasteiger partial charge on any atom is -0.494 e. The van der Waals surface area contributed by atoms with Gasteiger partial charge in [0.15, 0.2) is 9.84 Å². The summed E-state index contributed by atoms with van der Waals surface area (Å²) in [6, 6.07) is 12.8. The van der Waals surface area contributed by atoms with Crippen molar-refractivity contribution in [1.82, 2.24) is 0 Å². The van der Waals surface area contributed by atoms with Crippen LogP contribution in [0.5, 0.6) is 11.5 Å². The number of aliphatic carboxylic acids is 2. The van der Waals surface area contributed by atoms with Crippen LogP contribution in [0.1, 0.15) is 63.0 Å². The number of sulfone groups is 1. The number of carboxylic acids is 2. The second kappa shape index (κ2) is 16.2. The van der Waals surface area contributed by atoms with Crippen LogP contribution < -0.4 is 9.47 Å². The number of benzene rings is 2. The predicted octanol–water partition coefficient (Wildman–Crippen LogP) is 6.65. The van der Waals surface area contributed by atoms with Gasteiger partial charge in [-0.05, 0) is 95.4 Å². The summed E-state index contributed by atoms with van der Waals surface area (Å²) in [5.74, 6) is -0.561. The van der Waals surface area contributed by atoms with E-state index in [1.807, 2.05) is 41.1 Å². The third-order valence-corrected chi connectivity index (χ3v) is 9.09. The Morgan fingerprint density at radius 2 is 1.59 bits per heavy atom. The molecule has 0 saturated heterocycles. The normalized spacial score (nSPS) is 11.3. The smallest absolute Gasteiger partial charge is 0.303 e. The standard InChI is InChI=1S/C31H38O8S2/c1-2-41(36,37)27-20-25(24-15-18-40-22-24)19-26(21-27)38-16-6-4-3-5-9-23-10-7-11-29(28(23)13-14-31(34)35)39-17-8-12-30(32)33/h7,10-11,15,18-22H,2-6,8-9,12-14,16-17H2,1H3,(H,32,33)(H,34,35). The van der Waals surface area contributed by atoms with Gasteiger partial charge in [0.1, 0.15) is 11.5 Å². The summed E-state index contributed by atoms with van der Waals surface area (Å²) >= 11 is 1.55. The minimum absolute atomic E-state index is 0.00524. The lowest BCUT2D eigenvalue weighted by Gasteiger charge is -2.15. The molecule has 0 amide bonds. The van der Waals surface area contributed by atoms with Crippen molar-refractivity contribution in [3.05, 3.63) is 64.4 Å². The third kappa shape index (κ3) is 10.5. The molecule has 10 heteroatoms. The molecule has 222 valence electrons. The highest BCUT2D eigenvalue weighted by Crippen LogP contribution is 2.30. The molecule has 41 heavy (non-hydrogen) atoms. The largest absolute Gasteiger partial charge is 0.494 e. The molecule has 3 aromatic rings. The second-order valence-electron chi connectivity index (χ2n) is 9.75. The van der Waals surface area contributed by atoms with Gasteiger partial charge >= 0.3 is 11.9 Å². The van der Waals surface area contributed by atoms with E-state index < -0.39 is 21.8 Å². The van der Waals surface area contributed by atoms with E-state index in [1.54, 1.807) is 30.4 Å². The summed E-state index contributed by atoms with van der Waals surface area (Å²) in [5.41, 5.74) is 3.71. The Morgan fingerprint density at radius 1 is 0.829 bits per heavy atom. The second-order valence-corrected chi connectivity index (χ2v) is 12.8. The summed E-state index contributed by atoms with van der Waals surface area (Å²) < 4.78 is 36.9.